The monoisotopic (exact) mass is 331 g/mol. The second-order valence-corrected chi connectivity index (χ2v) is 6.76. The normalized spacial score (nSPS) is 21.5. The van der Waals surface area contributed by atoms with Gasteiger partial charge in [-0.05, 0) is 42.4 Å². The van der Waals surface area contributed by atoms with Gasteiger partial charge in [0.15, 0.2) is 5.96 Å². The van der Waals surface area contributed by atoms with Gasteiger partial charge in [0.05, 0.1) is 12.7 Å². The summed E-state index contributed by atoms with van der Waals surface area (Å²) >= 11 is 0. The SMILES string of the molecule is CN=C(NCCc1ccc(C(=O)OC)cc1)N1CC(C)CC(C)C1. The first kappa shape index (κ1) is 18.3. The van der Waals surface area contributed by atoms with Gasteiger partial charge >= 0.3 is 5.97 Å². The molecule has 0 saturated carbocycles. The molecular weight excluding hydrogens is 302 g/mol. The Morgan fingerprint density at radius 3 is 2.42 bits per heavy atom. The molecule has 2 unspecified atom stereocenters. The Kier molecular flexibility index (Phi) is 6.64. The number of ether oxygens (including phenoxy) is 1. The van der Waals surface area contributed by atoms with Crippen molar-refractivity contribution in [3.63, 3.8) is 0 Å². The molecule has 2 atom stereocenters. The average molecular weight is 331 g/mol. The molecule has 1 N–H and O–H groups in total. The average Bonchev–Trinajstić information content (AvgIpc) is 2.57. The summed E-state index contributed by atoms with van der Waals surface area (Å²) in [4.78, 5) is 18.2. The molecule has 0 spiro atoms. The maximum Gasteiger partial charge on any atom is 0.337 e. The van der Waals surface area contributed by atoms with E-state index in [2.05, 4.69) is 29.1 Å². The van der Waals surface area contributed by atoms with Gasteiger partial charge in [0.1, 0.15) is 0 Å². The van der Waals surface area contributed by atoms with Crippen LogP contribution in [0.3, 0.4) is 0 Å². The Morgan fingerprint density at radius 2 is 1.88 bits per heavy atom. The van der Waals surface area contributed by atoms with Gasteiger partial charge in [-0.2, -0.15) is 0 Å². The van der Waals surface area contributed by atoms with Crippen LogP contribution in [0.15, 0.2) is 29.3 Å². The van der Waals surface area contributed by atoms with Crippen molar-refractivity contribution in [2.45, 2.75) is 26.7 Å². The zero-order valence-electron chi connectivity index (χ0n) is 15.2. The van der Waals surface area contributed by atoms with E-state index >= 15 is 0 Å². The third-order valence-corrected chi connectivity index (χ3v) is 4.45. The molecule has 5 nitrogen and oxygen atoms in total. The molecule has 1 aromatic carbocycles. The van der Waals surface area contributed by atoms with Crippen LogP contribution >= 0.6 is 0 Å². The quantitative estimate of drug-likeness (QED) is 0.523. The van der Waals surface area contributed by atoms with Gasteiger partial charge in [-0.1, -0.05) is 26.0 Å². The Labute approximate surface area is 145 Å². The highest BCUT2D eigenvalue weighted by Gasteiger charge is 2.23. The zero-order chi connectivity index (χ0) is 17.5. The summed E-state index contributed by atoms with van der Waals surface area (Å²) in [7, 11) is 3.24. The summed E-state index contributed by atoms with van der Waals surface area (Å²) < 4.78 is 4.72. The van der Waals surface area contributed by atoms with Crippen molar-refractivity contribution in [1.29, 1.82) is 0 Å². The number of benzene rings is 1. The number of carbonyl (C=O) groups is 1. The third-order valence-electron chi connectivity index (χ3n) is 4.45. The van der Waals surface area contributed by atoms with Crippen molar-refractivity contribution < 1.29 is 9.53 Å². The molecule has 1 heterocycles. The van der Waals surface area contributed by atoms with Crippen LogP contribution in [-0.4, -0.2) is 50.6 Å². The minimum Gasteiger partial charge on any atom is -0.465 e. The van der Waals surface area contributed by atoms with Gasteiger partial charge in [0.2, 0.25) is 0 Å². The van der Waals surface area contributed by atoms with Crippen molar-refractivity contribution in [2.75, 3.05) is 33.8 Å². The molecular formula is C19H29N3O2. The second-order valence-electron chi connectivity index (χ2n) is 6.76. The van der Waals surface area contributed by atoms with Crippen molar-refractivity contribution >= 4 is 11.9 Å². The van der Waals surface area contributed by atoms with E-state index in [4.69, 9.17) is 4.74 Å². The number of likely N-dealkylation sites (tertiary alicyclic amines) is 1. The molecule has 2 rings (SSSR count). The van der Waals surface area contributed by atoms with Gasteiger partial charge in [-0.25, -0.2) is 4.79 Å². The Bertz CT molecular complexity index is 558. The van der Waals surface area contributed by atoms with Crippen molar-refractivity contribution in [3.05, 3.63) is 35.4 Å². The van der Waals surface area contributed by atoms with Crippen molar-refractivity contribution in [2.24, 2.45) is 16.8 Å². The highest BCUT2D eigenvalue weighted by Crippen LogP contribution is 2.20. The van der Waals surface area contributed by atoms with E-state index in [0.29, 0.717) is 17.4 Å². The van der Waals surface area contributed by atoms with Crippen LogP contribution in [0.5, 0.6) is 0 Å². The molecule has 1 fully saturated rings. The summed E-state index contributed by atoms with van der Waals surface area (Å²) in [5, 5.41) is 3.46. The second kappa shape index (κ2) is 8.71. The fourth-order valence-electron chi connectivity index (χ4n) is 3.41. The van der Waals surface area contributed by atoms with Crippen LogP contribution in [-0.2, 0) is 11.2 Å². The number of nitrogens with one attached hydrogen (secondary N) is 1. The lowest BCUT2D eigenvalue weighted by molar-refractivity contribution is 0.0600. The highest BCUT2D eigenvalue weighted by molar-refractivity contribution is 5.89. The first-order chi connectivity index (χ1) is 11.5. The largest absolute Gasteiger partial charge is 0.465 e. The smallest absolute Gasteiger partial charge is 0.337 e. The Morgan fingerprint density at radius 1 is 1.25 bits per heavy atom. The summed E-state index contributed by atoms with van der Waals surface area (Å²) in [5.74, 6) is 2.10. The number of nitrogens with zero attached hydrogens (tertiary/aromatic N) is 2. The molecule has 1 aliphatic heterocycles. The lowest BCUT2D eigenvalue weighted by atomic mass is 9.92. The van der Waals surface area contributed by atoms with Crippen LogP contribution < -0.4 is 5.32 Å². The number of hydrogen-bond acceptors (Lipinski definition) is 3. The number of hydrogen-bond donors (Lipinski definition) is 1. The number of methoxy groups -OCH3 is 1. The lowest BCUT2D eigenvalue weighted by Gasteiger charge is -2.37. The fourth-order valence-corrected chi connectivity index (χ4v) is 3.41. The molecule has 1 saturated heterocycles. The minimum absolute atomic E-state index is 0.298. The maximum atomic E-state index is 11.4. The van der Waals surface area contributed by atoms with Gasteiger partial charge < -0.3 is 15.0 Å². The maximum absolute atomic E-state index is 11.4. The standard InChI is InChI=1S/C19H29N3O2/c1-14-11-15(2)13-22(12-14)19(20-3)21-10-9-16-5-7-17(8-6-16)18(23)24-4/h5-8,14-15H,9-13H2,1-4H3,(H,20,21). The van der Waals surface area contributed by atoms with E-state index in [1.165, 1.54) is 19.1 Å². The molecule has 0 radical (unpaired) electrons. The molecule has 24 heavy (non-hydrogen) atoms. The molecule has 132 valence electrons. The van der Waals surface area contributed by atoms with Crippen LogP contribution in [0, 0.1) is 11.8 Å². The summed E-state index contributed by atoms with van der Waals surface area (Å²) in [6, 6.07) is 7.57. The molecule has 0 amide bonds. The number of piperidine rings is 1. The van der Waals surface area contributed by atoms with E-state index in [1.54, 1.807) is 0 Å². The summed E-state index contributed by atoms with van der Waals surface area (Å²) in [6.07, 6.45) is 2.18. The minimum atomic E-state index is -0.298. The van der Waals surface area contributed by atoms with E-state index in [0.717, 1.165) is 32.0 Å². The van der Waals surface area contributed by atoms with E-state index < -0.39 is 0 Å². The van der Waals surface area contributed by atoms with Gasteiger partial charge in [0.25, 0.3) is 0 Å². The van der Waals surface area contributed by atoms with Crippen LogP contribution in [0.4, 0.5) is 0 Å². The van der Waals surface area contributed by atoms with Gasteiger partial charge in [0, 0.05) is 26.7 Å². The molecule has 0 aliphatic carbocycles. The van der Waals surface area contributed by atoms with Gasteiger partial charge in [-0.3, -0.25) is 4.99 Å². The zero-order valence-corrected chi connectivity index (χ0v) is 15.2. The molecule has 1 aliphatic rings. The van der Waals surface area contributed by atoms with Crippen LogP contribution in [0.25, 0.3) is 0 Å². The van der Waals surface area contributed by atoms with E-state index in [-0.39, 0.29) is 5.97 Å². The summed E-state index contributed by atoms with van der Waals surface area (Å²) in [5.41, 5.74) is 1.77. The van der Waals surface area contributed by atoms with E-state index in [1.807, 2.05) is 31.3 Å². The molecule has 0 aromatic heterocycles. The topological polar surface area (TPSA) is 53.9 Å². The number of esters is 1. The number of carbonyl (C=O) groups excluding carboxylic acids is 1. The Hall–Kier alpha value is -2.04. The highest BCUT2D eigenvalue weighted by atomic mass is 16.5. The summed E-state index contributed by atoms with van der Waals surface area (Å²) in [6.45, 7) is 7.57. The predicted molar refractivity (Wildman–Crippen MR) is 97.4 cm³/mol. The van der Waals surface area contributed by atoms with Crippen molar-refractivity contribution in [3.8, 4) is 0 Å². The molecule has 5 heteroatoms. The lowest BCUT2D eigenvalue weighted by Crippen LogP contribution is -2.48. The number of guanidine groups is 1. The number of rotatable bonds is 4. The van der Waals surface area contributed by atoms with Crippen LogP contribution in [0.1, 0.15) is 36.2 Å². The molecule has 0 bridgehead atoms. The van der Waals surface area contributed by atoms with Crippen LogP contribution in [0.2, 0.25) is 0 Å². The third kappa shape index (κ3) is 4.98. The van der Waals surface area contributed by atoms with Crippen molar-refractivity contribution in [1.82, 2.24) is 10.2 Å². The predicted octanol–water partition coefficient (Wildman–Crippen LogP) is 2.57. The van der Waals surface area contributed by atoms with E-state index in [9.17, 15) is 4.79 Å². The molecule has 1 aromatic rings. The Balaban J connectivity index is 1.84. The van der Waals surface area contributed by atoms with Gasteiger partial charge in [-0.15, -0.1) is 0 Å². The number of aliphatic imine (C=N–C) groups is 1. The first-order valence-corrected chi connectivity index (χ1v) is 8.66. The fraction of sp³-hybridized carbons (Fsp3) is 0.579. The first-order valence-electron chi connectivity index (χ1n) is 8.66.